The number of carbonyl (C=O) groups excluding carboxylic acids is 2. The van der Waals surface area contributed by atoms with Crippen molar-refractivity contribution in [1.82, 2.24) is 15.1 Å². The molecule has 2 aliphatic heterocycles. The molecule has 1 aromatic carbocycles. The minimum absolute atomic E-state index is 0. The molecule has 0 radical (unpaired) electrons. The molecule has 0 bridgehead atoms. The topological polar surface area (TPSA) is 52.7 Å². The lowest BCUT2D eigenvalue weighted by Crippen LogP contribution is -2.51. The Labute approximate surface area is 173 Å². The van der Waals surface area contributed by atoms with Crippen LogP contribution in [0.25, 0.3) is 0 Å². The highest BCUT2D eigenvalue weighted by Crippen LogP contribution is 2.25. The fraction of sp³-hybridized carbons (Fsp3) is 0.619. The molecular weight excluding hydrogens is 381 g/mol. The first-order valence-electron chi connectivity index (χ1n) is 9.99. The monoisotopic (exact) mass is 411 g/mol. The normalized spacial score (nSPS) is 19.1. The summed E-state index contributed by atoms with van der Waals surface area (Å²) in [6.07, 6.45) is 2.87. The highest BCUT2D eigenvalue weighted by atomic mass is 35.5. The molecule has 7 heteroatoms. The van der Waals surface area contributed by atoms with Crippen molar-refractivity contribution in [2.24, 2.45) is 11.8 Å². The number of piperidine rings is 1. The predicted molar refractivity (Wildman–Crippen MR) is 110 cm³/mol. The highest BCUT2D eigenvalue weighted by Gasteiger charge is 2.28. The lowest BCUT2D eigenvalue weighted by atomic mass is 9.84. The van der Waals surface area contributed by atoms with E-state index in [9.17, 15) is 14.0 Å². The minimum atomic E-state index is -0.360. The molecule has 2 amide bonds. The van der Waals surface area contributed by atoms with E-state index in [1.165, 1.54) is 6.07 Å². The Bertz CT molecular complexity index is 686. The van der Waals surface area contributed by atoms with Gasteiger partial charge in [0, 0.05) is 38.2 Å². The summed E-state index contributed by atoms with van der Waals surface area (Å²) >= 11 is 0. The molecule has 0 aromatic heterocycles. The Kier molecular flexibility index (Phi) is 8.25. The second-order valence-electron chi connectivity index (χ2n) is 7.91. The zero-order valence-electron chi connectivity index (χ0n) is 16.7. The number of halogens is 2. The summed E-state index contributed by atoms with van der Waals surface area (Å²) in [5.41, 5.74) is 0.905. The van der Waals surface area contributed by atoms with Crippen LogP contribution in [0.3, 0.4) is 0 Å². The fourth-order valence-electron chi connectivity index (χ4n) is 4.05. The van der Waals surface area contributed by atoms with Gasteiger partial charge < -0.3 is 15.1 Å². The first-order chi connectivity index (χ1) is 13.0. The molecule has 1 N–H and O–H groups in total. The van der Waals surface area contributed by atoms with E-state index < -0.39 is 0 Å². The van der Waals surface area contributed by atoms with Gasteiger partial charge in [-0.2, -0.15) is 0 Å². The maximum Gasteiger partial charge on any atom is 0.254 e. The number of piperazine rings is 1. The molecule has 0 spiro atoms. The fourth-order valence-corrected chi connectivity index (χ4v) is 4.05. The van der Waals surface area contributed by atoms with Crippen molar-refractivity contribution >= 4 is 24.2 Å². The van der Waals surface area contributed by atoms with Crippen LogP contribution in [0.4, 0.5) is 4.39 Å². The van der Waals surface area contributed by atoms with Gasteiger partial charge in [0.15, 0.2) is 0 Å². The number of hydrogen-bond acceptors (Lipinski definition) is 3. The Morgan fingerprint density at radius 1 is 1.14 bits per heavy atom. The smallest absolute Gasteiger partial charge is 0.254 e. The van der Waals surface area contributed by atoms with Crippen LogP contribution in [0, 0.1) is 24.6 Å². The summed E-state index contributed by atoms with van der Waals surface area (Å²) in [6, 6.07) is 4.60. The van der Waals surface area contributed by atoms with Crippen LogP contribution < -0.4 is 5.32 Å². The van der Waals surface area contributed by atoms with Crippen molar-refractivity contribution in [3.63, 3.8) is 0 Å². The SMILES string of the molecule is Cc1ccc(C(=O)N2CCN(C(=O)CC(C)C3CCNCC3)CC2)cc1F.Cl. The van der Waals surface area contributed by atoms with Crippen molar-refractivity contribution in [2.45, 2.75) is 33.1 Å². The molecule has 2 fully saturated rings. The first-order valence-corrected chi connectivity index (χ1v) is 9.99. The van der Waals surface area contributed by atoms with Crippen LogP contribution in [-0.4, -0.2) is 60.9 Å². The summed E-state index contributed by atoms with van der Waals surface area (Å²) in [5.74, 6) is 0.685. The van der Waals surface area contributed by atoms with Gasteiger partial charge in [0.25, 0.3) is 5.91 Å². The van der Waals surface area contributed by atoms with Gasteiger partial charge in [-0.15, -0.1) is 12.4 Å². The quantitative estimate of drug-likeness (QED) is 0.828. The minimum Gasteiger partial charge on any atom is -0.339 e. The Morgan fingerprint density at radius 2 is 1.75 bits per heavy atom. The number of benzene rings is 1. The van der Waals surface area contributed by atoms with Crippen LogP contribution in [0.1, 0.15) is 42.1 Å². The lowest BCUT2D eigenvalue weighted by molar-refractivity contribution is -0.134. The molecule has 2 heterocycles. The zero-order chi connectivity index (χ0) is 19.4. The number of rotatable bonds is 4. The van der Waals surface area contributed by atoms with Crippen LogP contribution in [0.5, 0.6) is 0 Å². The average molecular weight is 412 g/mol. The molecular formula is C21H31ClFN3O2. The number of nitrogens with zero attached hydrogens (tertiary/aromatic N) is 2. The third kappa shape index (κ3) is 5.45. The molecule has 5 nitrogen and oxygen atoms in total. The van der Waals surface area contributed by atoms with E-state index in [0.717, 1.165) is 25.9 Å². The highest BCUT2D eigenvalue weighted by molar-refractivity contribution is 5.94. The van der Waals surface area contributed by atoms with E-state index >= 15 is 0 Å². The van der Waals surface area contributed by atoms with Crippen molar-refractivity contribution in [2.75, 3.05) is 39.3 Å². The lowest BCUT2D eigenvalue weighted by Gasteiger charge is -2.36. The van der Waals surface area contributed by atoms with Crippen LogP contribution in [0.15, 0.2) is 18.2 Å². The summed E-state index contributed by atoms with van der Waals surface area (Å²) in [7, 11) is 0. The molecule has 1 unspecified atom stereocenters. The molecule has 0 aliphatic carbocycles. The molecule has 0 saturated carbocycles. The largest absolute Gasteiger partial charge is 0.339 e. The van der Waals surface area contributed by atoms with E-state index in [1.807, 2.05) is 4.90 Å². The van der Waals surface area contributed by atoms with Crippen LogP contribution in [0.2, 0.25) is 0 Å². The standard InChI is InChI=1S/C21H30FN3O2.ClH/c1-15-3-4-18(14-19(15)22)21(27)25-11-9-24(10-12-25)20(26)13-16(2)17-5-7-23-8-6-17;/h3-4,14,16-17,23H,5-13H2,1-2H3;1H. The number of aryl methyl sites for hydroxylation is 1. The summed E-state index contributed by atoms with van der Waals surface area (Å²) in [5, 5.41) is 3.37. The summed E-state index contributed by atoms with van der Waals surface area (Å²) < 4.78 is 13.7. The van der Waals surface area contributed by atoms with E-state index in [1.54, 1.807) is 24.0 Å². The van der Waals surface area contributed by atoms with Gasteiger partial charge in [-0.05, 0) is 62.4 Å². The first kappa shape index (κ1) is 22.6. The van der Waals surface area contributed by atoms with Crippen molar-refractivity contribution in [3.8, 4) is 0 Å². The number of hydrogen-bond donors (Lipinski definition) is 1. The molecule has 1 atom stereocenters. The summed E-state index contributed by atoms with van der Waals surface area (Å²) in [6.45, 7) is 8.06. The predicted octanol–water partition coefficient (Wildman–Crippen LogP) is 2.87. The number of carbonyl (C=O) groups is 2. The second-order valence-corrected chi connectivity index (χ2v) is 7.91. The van der Waals surface area contributed by atoms with Crippen LogP contribution >= 0.6 is 12.4 Å². The van der Waals surface area contributed by atoms with E-state index in [4.69, 9.17) is 0 Å². The Hall–Kier alpha value is -1.66. The summed E-state index contributed by atoms with van der Waals surface area (Å²) in [4.78, 5) is 28.8. The molecule has 1 aromatic rings. The van der Waals surface area contributed by atoms with E-state index in [2.05, 4.69) is 12.2 Å². The maximum atomic E-state index is 13.7. The Balaban J connectivity index is 0.00000280. The molecule has 156 valence electrons. The van der Waals surface area contributed by atoms with Crippen molar-refractivity contribution < 1.29 is 14.0 Å². The van der Waals surface area contributed by atoms with E-state index in [-0.39, 0.29) is 30.0 Å². The van der Waals surface area contributed by atoms with Gasteiger partial charge >= 0.3 is 0 Å². The van der Waals surface area contributed by atoms with Crippen molar-refractivity contribution in [1.29, 1.82) is 0 Å². The van der Waals surface area contributed by atoms with E-state index in [0.29, 0.717) is 55.6 Å². The maximum absolute atomic E-state index is 13.7. The van der Waals surface area contributed by atoms with Crippen LogP contribution in [-0.2, 0) is 4.79 Å². The third-order valence-corrected chi connectivity index (χ3v) is 6.02. The zero-order valence-corrected chi connectivity index (χ0v) is 17.6. The molecule has 2 saturated heterocycles. The van der Waals surface area contributed by atoms with Gasteiger partial charge in [-0.25, -0.2) is 4.39 Å². The molecule has 3 rings (SSSR count). The van der Waals surface area contributed by atoms with Gasteiger partial charge in [0.1, 0.15) is 5.82 Å². The number of nitrogens with one attached hydrogen (secondary N) is 1. The van der Waals surface area contributed by atoms with Gasteiger partial charge in [-0.1, -0.05) is 13.0 Å². The third-order valence-electron chi connectivity index (χ3n) is 6.02. The second kappa shape index (κ2) is 10.2. The average Bonchev–Trinajstić information content (AvgIpc) is 2.70. The number of amides is 2. The Morgan fingerprint density at radius 3 is 2.36 bits per heavy atom. The van der Waals surface area contributed by atoms with Gasteiger partial charge in [0.05, 0.1) is 0 Å². The van der Waals surface area contributed by atoms with Gasteiger partial charge in [0.2, 0.25) is 5.91 Å². The van der Waals surface area contributed by atoms with Crippen molar-refractivity contribution in [3.05, 3.63) is 35.1 Å². The molecule has 28 heavy (non-hydrogen) atoms. The van der Waals surface area contributed by atoms with Gasteiger partial charge in [-0.3, -0.25) is 9.59 Å². The molecule has 2 aliphatic rings.